The molecule has 2 rings (SSSR count). The fourth-order valence-electron chi connectivity index (χ4n) is 1.87. The van der Waals surface area contributed by atoms with Crippen molar-refractivity contribution in [2.24, 2.45) is 5.73 Å². The maximum atomic E-state index is 12.3. The van der Waals surface area contributed by atoms with Gasteiger partial charge in [0.05, 0.1) is 5.56 Å². The number of piperidine rings is 1. The molecule has 0 saturated carbocycles. The first-order valence-corrected chi connectivity index (χ1v) is 5.50. The molecule has 0 amide bonds. The molecule has 2 heterocycles. The second-order valence-corrected chi connectivity index (χ2v) is 4.23. The maximum absolute atomic E-state index is 12.3. The molecule has 8 heteroatoms. The fourth-order valence-corrected chi connectivity index (χ4v) is 1.87. The average Bonchev–Trinajstić information content (AvgIpc) is 2.29. The van der Waals surface area contributed by atoms with Crippen LogP contribution in [0.2, 0.25) is 0 Å². The molecule has 3 nitrogen and oxygen atoms in total. The van der Waals surface area contributed by atoms with Gasteiger partial charge in [-0.2, -0.15) is 13.2 Å². The van der Waals surface area contributed by atoms with Crippen LogP contribution in [-0.4, -0.2) is 24.1 Å². The number of halogens is 5. The summed E-state index contributed by atoms with van der Waals surface area (Å²) in [6, 6.07) is 2.68. The molecule has 0 unspecified atom stereocenters. The summed E-state index contributed by atoms with van der Waals surface area (Å²) in [7, 11) is 0. The third-order valence-corrected chi connectivity index (χ3v) is 2.94. The van der Waals surface area contributed by atoms with Crippen LogP contribution in [0.25, 0.3) is 0 Å². The molecule has 2 N–H and O–H groups in total. The molecule has 0 bridgehead atoms. The molecule has 1 aromatic heterocycles. The van der Waals surface area contributed by atoms with Gasteiger partial charge in [0.1, 0.15) is 5.82 Å². The van der Waals surface area contributed by atoms with Crippen LogP contribution in [0.5, 0.6) is 0 Å². The highest BCUT2D eigenvalue weighted by Gasteiger charge is 2.31. The van der Waals surface area contributed by atoms with Crippen molar-refractivity contribution < 1.29 is 13.2 Å². The Kier molecular flexibility index (Phi) is 6.89. The van der Waals surface area contributed by atoms with E-state index in [1.165, 1.54) is 6.07 Å². The highest BCUT2D eigenvalue weighted by molar-refractivity contribution is 5.85. The van der Waals surface area contributed by atoms with Gasteiger partial charge in [-0.15, -0.1) is 24.8 Å². The topological polar surface area (TPSA) is 42.1 Å². The van der Waals surface area contributed by atoms with Crippen molar-refractivity contribution in [3.63, 3.8) is 0 Å². The van der Waals surface area contributed by atoms with Crippen molar-refractivity contribution in [2.75, 3.05) is 18.0 Å². The van der Waals surface area contributed by atoms with Crippen molar-refractivity contribution >= 4 is 30.6 Å². The standard InChI is InChI=1S/C11H14F3N3.2ClH/c12-11(13,14)8-1-2-10(16-7-8)17-5-3-9(15)4-6-17;;/h1-2,7,9H,3-6,15H2;2*1H. The van der Waals surface area contributed by atoms with E-state index in [0.29, 0.717) is 5.82 Å². The Labute approximate surface area is 122 Å². The van der Waals surface area contributed by atoms with E-state index < -0.39 is 11.7 Å². The smallest absolute Gasteiger partial charge is 0.357 e. The van der Waals surface area contributed by atoms with Gasteiger partial charge in [-0.1, -0.05) is 0 Å². The first-order chi connectivity index (χ1) is 7.97. The number of pyridine rings is 1. The summed E-state index contributed by atoms with van der Waals surface area (Å²) in [5.41, 5.74) is 5.05. The van der Waals surface area contributed by atoms with Crippen LogP contribution in [0, 0.1) is 0 Å². The third kappa shape index (κ3) is 4.71. The Morgan fingerprint density at radius 1 is 1.16 bits per heavy atom. The molecule has 1 aromatic rings. The Hall–Kier alpha value is -0.720. The summed E-state index contributed by atoms with van der Waals surface area (Å²) in [5.74, 6) is 0.588. The van der Waals surface area contributed by atoms with Crippen molar-refractivity contribution in [1.82, 2.24) is 4.98 Å². The maximum Gasteiger partial charge on any atom is 0.417 e. The highest BCUT2D eigenvalue weighted by Crippen LogP contribution is 2.29. The lowest BCUT2D eigenvalue weighted by molar-refractivity contribution is -0.137. The van der Waals surface area contributed by atoms with Gasteiger partial charge in [-0.25, -0.2) is 4.98 Å². The molecule has 1 aliphatic rings. The summed E-state index contributed by atoms with van der Waals surface area (Å²) in [4.78, 5) is 5.82. The summed E-state index contributed by atoms with van der Waals surface area (Å²) in [6.07, 6.45) is -1.74. The van der Waals surface area contributed by atoms with Gasteiger partial charge in [-0.05, 0) is 25.0 Å². The van der Waals surface area contributed by atoms with Crippen LogP contribution in [0.15, 0.2) is 18.3 Å². The zero-order valence-electron chi connectivity index (χ0n) is 10.1. The number of alkyl halides is 3. The van der Waals surface area contributed by atoms with Gasteiger partial charge in [0.25, 0.3) is 0 Å². The molecule has 0 radical (unpaired) electrons. The lowest BCUT2D eigenvalue weighted by Crippen LogP contribution is -2.40. The monoisotopic (exact) mass is 317 g/mol. The summed E-state index contributed by atoms with van der Waals surface area (Å²) in [5, 5.41) is 0. The summed E-state index contributed by atoms with van der Waals surface area (Å²) >= 11 is 0. The molecule has 0 aromatic carbocycles. The summed E-state index contributed by atoms with van der Waals surface area (Å²) in [6.45, 7) is 1.50. The second-order valence-electron chi connectivity index (χ2n) is 4.23. The van der Waals surface area contributed by atoms with Gasteiger partial charge in [0.15, 0.2) is 0 Å². The Morgan fingerprint density at radius 2 is 1.74 bits per heavy atom. The minimum absolute atomic E-state index is 0. The number of hydrogen-bond acceptors (Lipinski definition) is 3. The third-order valence-electron chi connectivity index (χ3n) is 2.94. The number of aromatic nitrogens is 1. The molecule has 0 atom stereocenters. The van der Waals surface area contributed by atoms with E-state index in [-0.39, 0.29) is 30.9 Å². The number of rotatable bonds is 1. The minimum Gasteiger partial charge on any atom is -0.357 e. The quantitative estimate of drug-likeness (QED) is 0.866. The predicted octanol–water partition coefficient (Wildman–Crippen LogP) is 2.87. The van der Waals surface area contributed by atoms with Crippen LogP contribution in [0.1, 0.15) is 18.4 Å². The van der Waals surface area contributed by atoms with Crippen molar-refractivity contribution in [3.8, 4) is 0 Å². The van der Waals surface area contributed by atoms with Crippen molar-refractivity contribution in [1.29, 1.82) is 0 Å². The van der Waals surface area contributed by atoms with E-state index in [9.17, 15) is 13.2 Å². The largest absolute Gasteiger partial charge is 0.417 e. The van der Waals surface area contributed by atoms with Gasteiger partial charge in [-0.3, -0.25) is 0 Å². The fraction of sp³-hybridized carbons (Fsp3) is 0.545. The number of nitrogens with zero attached hydrogens (tertiary/aromatic N) is 2. The molecule has 0 aliphatic carbocycles. The van der Waals surface area contributed by atoms with E-state index in [0.717, 1.165) is 38.2 Å². The van der Waals surface area contributed by atoms with Crippen molar-refractivity contribution in [3.05, 3.63) is 23.9 Å². The molecule has 110 valence electrons. The van der Waals surface area contributed by atoms with E-state index in [2.05, 4.69) is 4.98 Å². The molecule has 1 fully saturated rings. The lowest BCUT2D eigenvalue weighted by atomic mass is 10.1. The Balaban J connectivity index is 0.00000162. The van der Waals surface area contributed by atoms with Crippen LogP contribution >= 0.6 is 24.8 Å². The van der Waals surface area contributed by atoms with Gasteiger partial charge >= 0.3 is 6.18 Å². The molecule has 0 spiro atoms. The average molecular weight is 318 g/mol. The van der Waals surface area contributed by atoms with E-state index in [1.54, 1.807) is 0 Å². The van der Waals surface area contributed by atoms with Gasteiger partial charge in [0.2, 0.25) is 0 Å². The van der Waals surface area contributed by atoms with Crippen LogP contribution in [-0.2, 0) is 6.18 Å². The molecular formula is C11H16Cl2F3N3. The summed E-state index contributed by atoms with van der Waals surface area (Å²) < 4.78 is 37.0. The van der Waals surface area contributed by atoms with Crippen LogP contribution < -0.4 is 10.6 Å². The number of nitrogens with two attached hydrogens (primary N) is 1. The Morgan fingerprint density at radius 3 is 2.16 bits per heavy atom. The molecule has 1 saturated heterocycles. The SMILES string of the molecule is Cl.Cl.NC1CCN(c2ccc(C(F)(F)F)cn2)CC1. The second kappa shape index (κ2) is 7.17. The molecular weight excluding hydrogens is 302 g/mol. The molecule has 1 aliphatic heterocycles. The first kappa shape index (κ1) is 18.3. The normalized spacial score (nSPS) is 16.5. The number of anilines is 1. The predicted molar refractivity (Wildman–Crippen MR) is 73.2 cm³/mol. The lowest BCUT2D eigenvalue weighted by Gasteiger charge is -2.31. The minimum atomic E-state index is -4.32. The zero-order chi connectivity index (χ0) is 12.5. The van der Waals surface area contributed by atoms with E-state index in [4.69, 9.17) is 5.73 Å². The van der Waals surface area contributed by atoms with E-state index >= 15 is 0 Å². The highest BCUT2D eigenvalue weighted by atomic mass is 35.5. The zero-order valence-corrected chi connectivity index (χ0v) is 11.7. The molecule has 19 heavy (non-hydrogen) atoms. The van der Waals surface area contributed by atoms with Crippen LogP contribution in [0.3, 0.4) is 0 Å². The Bertz CT molecular complexity index is 376. The van der Waals surface area contributed by atoms with Gasteiger partial charge in [0, 0.05) is 25.3 Å². The van der Waals surface area contributed by atoms with Crippen molar-refractivity contribution in [2.45, 2.75) is 25.1 Å². The first-order valence-electron chi connectivity index (χ1n) is 5.50. The number of hydrogen-bond donors (Lipinski definition) is 1. The van der Waals surface area contributed by atoms with E-state index in [1.807, 2.05) is 4.90 Å². The van der Waals surface area contributed by atoms with Gasteiger partial charge < -0.3 is 10.6 Å². The van der Waals surface area contributed by atoms with Crippen LogP contribution in [0.4, 0.5) is 19.0 Å².